The van der Waals surface area contributed by atoms with Gasteiger partial charge in [-0.15, -0.1) is 0 Å². The SMILES string of the molecule is C=CC(=O)Nc1ccc(CC(=O)N(C)CC(=O)N2CCCC2)cc1. The Morgan fingerprint density at radius 2 is 1.83 bits per heavy atom. The van der Waals surface area contributed by atoms with Crippen LogP contribution in [0.2, 0.25) is 0 Å². The van der Waals surface area contributed by atoms with E-state index in [1.807, 2.05) is 0 Å². The summed E-state index contributed by atoms with van der Waals surface area (Å²) >= 11 is 0. The van der Waals surface area contributed by atoms with E-state index in [1.165, 1.54) is 11.0 Å². The molecule has 0 unspecified atom stereocenters. The first-order valence-electron chi connectivity index (χ1n) is 8.03. The molecule has 1 aliphatic rings. The van der Waals surface area contributed by atoms with Crippen molar-refractivity contribution in [1.29, 1.82) is 0 Å². The lowest BCUT2D eigenvalue weighted by Gasteiger charge is -2.21. The molecule has 0 spiro atoms. The second kappa shape index (κ2) is 8.29. The van der Waals surface area contributed by atoms with Crippen LogP contribution in [0.25, 0.3) is 0 Å². The number of hydrogen-bond donors (Lipinski definition) is 1. The summed E-state index contributed by atoms with van der Waals surface area (Å²) in [6, 6.07) is 7.04. The monoisotopic (exact) mass is 329 g/mol. The molecule has 6 heteroatoms. The fraction of sp³-hybridized carbons (Fsp3) is 0.389. The Hall–Kier alpha value is -2.63. The first-order chi connectivity index (χ1) is 11.5. The topological polar surface area (TPSA) is 69.7 Å². The highest BCUT2D eigenvalue weighted by atomic mass is 16.2. The summed E-state index contributed by atoms with van der Waals surface area (Å²) in [5.74, 6) is -0.379. The Kier molecular flexibility index (Phi) is 6.12. The molecule has 128 valence electrons. The number of nitrogens with one attached hydrogen (secondary N) is 1. The molecule has 1 aliphatic heterocycles. The molecule has 24 heavy (non-hydrogen) atoms. The maximum atomic E-state index is 12.2. The van der Waals surface area contributed by atoms with Crippen LogP contribution in [0.3, 0.4) is 0 Å². The highest BCUT2D eigenvalue weighted by Crippen LogP contribution is 2.12. The van der Waals surface area contributed by atoms with Crippen molar-refractivity contribution >= 4 is 23.4 Å². The normalized spacial score (nSPS) is 13.5. The third-order valence-electron chi connectivity index (χ3n) is 4.02. The lowest BCUT2D eigenvalue weighted by atomic mass is 10.1. The van der Waals surface area contributed by atoms with Gasteiger partial charge < -0.3 is 15.1 Å². The molecule has 1 N–H and O–H groups in total. The summed E-state index contributed by atoms with van der Waals surface area (Å²) in [6.45, 7) is 5.09. The first-order valence-corrected chi connectivity index (χ1v) is 8.03. The van der Waals surface area contributed by atoms with E-state index < -0.39 is 0 Å². The maximum Gasteiger partial charge on any atom is 0.247 e. The number of rotatable bonds is 6. The van der Waals surface area contributed by atoms with Crippen molar-refractivity contribution in [2.75, 3.05) is 32.0 Å². The van der Waals surface area contributed by atoms with Crippen molar-refractivity contribution in [3.8, 4) is 0 Å². The summed E-state index contributed by atoms with van der Waals surface area (Å²) in [4.78, 5) is 38.8. The molecule has 1 aromatic carbocycles. The van der Waals surface area contributed by atoms with Gasteiger partial charge in [0.25, 0.3) is 0 Å². The van der Waals surface area contributed by atoms with Gasteiger partial charge in [-0.05, 0) is 36.6 Å². The average Bonchev–Trinajstić information content (AvgIpc) is 3.11. The second-order valence-electron chi connectivity index (χ2n) is 5.90. The molecule has 1 aromatic rings. The zero-order chi connectivity index (χ0) is 17.5. The molecule has 0 aromatic heterocycles. The van der Waals surface area contributed by atoms with Crippen LogP contribution in [0, 0.1) is 0 Å². The zero-order valence-electron chi connectivity index (χ0n) is 14.0. The highest BCUT2D eigenvalue weighted by Gasteiger charge is 2.21. The molecule has 1 saturated heterocycles. The number of carbonyl (C=O) groups excluding carboxylic acids is 3. The number of nitrogens with zero attached hydrogens (tertiary/aromatic N) is 2. The Balaban J connectivity index is 1.85. The van der Waals surface area contributed by atoms with Crippen LogP contribution < -0.4 is 5.32 Å². The summed E-state index contributed by atoms with van der Waals surface area (Å²) < 4.78 is 0. The number of likely N-dealkylation sites (N-methyl/N-ethyl adjacent to an activating group) is 1. The molecule has 2 rings (SSSR count). The van der Waals surface area contributed by atoms with Crippen LogP contribution in [-0.2, 0) is 20.8 Å². The van der Waals surface area contributed by atoms with Gasteiger partial charge in [-0.3, -0.25) is 14.4 Å². The van der Waals surface area contributed by atoms with E-state index in [-0.39, 0.29) is 30.7 Å². The first kappa shape index (κ1) is 17.7. The molecule has 0 bridgehead atoms. The van der Waals surface area contributed by atoms with Crippen LogP contribution in [0.5, 0.6) is 0 Å². The van der Waals surface area contributed by atoms with Gasteiger partial charge in [0.05, 0.1) is 13.0 Å². The summed E-state index contributed by atoms with van der Waals surface area (Å²) in [7, 11) is 1.65. The zero-order valence-corrected chi connectivity index (χ0v) is 14.0. The van der Waals surface area contributed by atoms with Crippen LogP contribution >= 0.6 is 0 Å². The number of anilines is 1. The third kappa shape index (κ3) is 4.94. The van der Waals surface area contributed by atoms with Crippen LogP contribution in [-0.4, -0.2) is 54.2 Å². The Morgan fingerprint density at radius 3 is 2.42 bits per heavy atom. The molecule has 0 atom stereocenters. The van der Waals surface area contributed by atoms with E-state index in [9.17, 15) is 14.4 Å². The molecule has 1 heterocycles. The van der Waals surface area contributed by atoms with Gasteiger partial charge in [0.1, 0.15) is 0 Å². The van der Waals surface area contributed by atoms with Crippen LogP contribution in [0.1, 0.15) is 18.4 Å². The number of amides is 3. The minimum Gasteiger partial charge on any atom is -0.341 e. The minimum absolute atomic E-state index is 0.00540. The predicted molar refractivity (Wildman–Crippen MR) is 92.4 cm³/mol. The molecule has 0 radical (unpaired) electrons. The van der Waals surface area contributed by atoms with E-state index in [1.54, 1.807) is 36.2 Å². The number of hydrogen-bond acceptors (Lipinski definition) is 3. The summed E-state index contributed by atoms with van der Waals surface area (Å²) in [6.07, 6.45) is 3.50. The van der Waals surface area contributed by atoms with Crippen molar-refractivity contribution in [2.24, 2.45) is 0 Å². The molecular weight excluding hydrogens is 306 g/mol. The van der Waals surface area contributed by atoms with Gasteiger partial charge in [0.15, 0.2) is 0 Å². The van der Waals surface area contributed by atoms with Crippen molar-refractivity contribution in [2.45, 2.75) is 19.3 Å². The molecule has 6 nitrogen and oxygen atoms in total. The molecule has 3 amide bonds. The van der Waals surface area contributed by atoms with Crippen molar-refractivity contribution in [3.63, 3.8) is 0 Å². The molecular formula is C18H23N3O3. The van der Waals surface area contributed by atoms with E-state index in [4.69, 9.17) is 0 Å². The Labute approximate surface area is 142 Å². The highest BCUT2D eigenvalue weighted by molar-refractivity contribution is 5.98. The average molecular weight is 329 g/mol. The van der Waals surface area contributed by atoms with E-state index >= 15 is 0 Å². The lowest BCUT2D eigenvalue weighted by molar-refractivity contribution is -0.138. The van der Waals surface area contributed by atoms with Crippen LogP contribution in [0.4, 0.5) is 5.69 Å². The number of carbonyl (C=O) groups is 3. The molecule has 0 aliphatic carbocycles. The van der Waals surface area contributed by atoms with E-state index in [2.05, 4.69) is 11.9 Å². The maximum absolute atomic E-state index is 12.2. The Bertz CT molecular complexity index is 619. The fourth-order valence-electron chi connectivity index (χ4n) is 2.57. The second-order valence-corrected chi connectivity index (χ2v) is 5.90. The fourth-order valence-corrected chi connectivity index (χ4v) is 2.57. The Morgan fingerprint density at radius 1 is 1.21 bits per heavy atom. The number of likely N-dealkylation sites (tertiary alicyclic amines) is 1. The standard InChI is InChI=1S/C18H23N3O3/c1-3-16(22)19-15-8-6-14(7-9-15)12-17(23)20(2)13-18(24)21-10-4-5-11-21/h3,6-9H,1,4-5,10-13H2,2H3,(H,19,22). The minimum atomic E-state index is -0.279. The third-order valence-corrected chi connectivity index (χ3v) is 4.02. The van der Waals surface area contributed by atoms with E-state index in [0.29, 0.717) is 5.69 Å². The van der Waals surface area contributed by atoms with Gasteiger partial charge >= 0.3 is 0 Å². The predicted octanol–water partition coefficient (Wildman–Crippen LogP) is 1.43. The number of benzene rings is 1. The quantitative estimate of drug-likeness (QED) is 0.803. The van der Waals surface area contributed by atoms with Gasteiger partial charge in [-0.25, -0.2) is 0 Å². The lowest BCUT2D eigenvalue weighted by Crippen LogP contribution is -2.40. The van der Waals surface area contributed by atoms with Crippen molar-refractivity contribution in [3.05, 3.63) is 42.5 Å². The van der Waals surface area contributed by atoms with E-state index in [0.717, 1.165) is 31.5 Å². The summed E-state index contributed by atoms with van der Waals surface area (Å²) in [5.41, 5.74) is 1.48. The van der Waals surface area contributed by atoms with Gasteiger partial charge in [0.2, 0.25) is 17.7 Å². The van der Waals surface area contributed by atoms with Crippen LogP contribution in [0.15, 0.2) is 36.9 Å². The van der Waals surface area contributed by atoms with Gasteiger partial charge in [-0.1, -0.05) is 18.7 Å². The smallest absolute Gasteiger partial charge is 0.247 e. The summed E-state index contributed by atoms with van der Waals surface area (Å²) in [5, 5.41) is 2.65. The van der Waals surface area contributed by atoms with Gasteiger partial charge in [-0.2, -0.15) is 0 Å². The van der Waals surface area contributed by atoms with Gasteiger partial charge in [0, 0.05) is 25.8 Å². The molecule has 1 fully saturated rings. The largest absolute Gasteiger partial charge is 0.341 e. The molecule has 0 saturated carbocycles. The van der Waals surface area contributed by atoms with Crippen molar-refractivity contribution < 1.29 is 14.4 Å². The van der Waals surface area contributed by atoms with Crippen molar-refractivity contribution in [1.82, 2.24) is 9.80 Å².